The molecule has 8 heteroatoms. The Bertz CT molecular complexity index is 1060. The van der Waals surface area contributed by atoms with Crippen molar-refractivity contribution in [2.24, 2.45) is 0 Å². The highest BCUT2D eigenvalue weighted by atomic mass is 35.5. The van der Waals surface area contributed by atoms with Crippen LogP contribution >= 0.6 is 22.9 Å². The molecule has 2 heterocycles. The van der Waals surface area contributed by atoms with Crippen LogP contribution in [0.3, 0.4) is 0 Å². The average molecular weight is 397 g/mol. The fourth-order valence-corrected chi connectivity index (χ4v) is 3.17. The molecule has 1 amide bonds. The molecule has 4 aromatic rings. The summed E-state index contributed by atoms with van der Waals surface area (Å²) in [6, 6.07) is 18.1. The third-order valence-corrected chi connectivity index (χ3v) is 4.64. The molecule has 0 radical (unpaired) electrons. The average Bonchev–Trinajstić information content (AvgIpc) is 3.34. The van der Waals surface area contributed by atoms with Gasteiger partial charge in [-0.2, -0.15) is 0 Å². The highest BCUT2D eigenvalue weighted by Gasteiger charge is 2.16. The van der Waals surface area contributed by atoms with Gasteiger partial charge in [0.05, 0.1) is 0 Å². The largest absolute Gasteiger partial charge is 0.354 e. The first-order valence-electron chi connectivity index (χ1n) is 7.99. The Balaban J connectivity index is 1.46. The highest BCUT2D eigenvalue weighted by molar-refractivity contribution is 7.14. The molecule has 134 valence electrons. The topological polar surface area (TPSA) is 80.0 Å². The van der Waals surface area contributed by atoms with Crippen LogP contribution in [0.2, 0.25) is 5.02 Å². The first-order valence-corrected chi connectivity index (χ1v) is 9.25. The monoisotopic (exact) mass is 396 g/mol. The van der Waals surface area contributed by atoms with E-state index in [1.807, 2.05) is 35.7 Å². The number of amides is 1. The first-order chi connectivity index (χ1) is 13.2. The zero-order chi connectivity index (χ0) is 18.6. The molecule has 2 aromatic carbocycles. The molecule has 0 aliphatic heterocycles. The molecular formula is C19H13ClN4O2S. The van der Waals surface area contributed by atoms with Crippen LogP contribution in [-0.2, 0) is 0 Å². The predicted molar refractivity (Wildman–Crippen MR) is 107 cm³/mol. The number of para-hydroxylation sites is 1. The van der Waals surface area contributed by atoms with Gasteiger partial charge in [0, 0.05) is 27.8 Å². The second-order valence-electron chi connectivity index (χ2n) is 5.57. The third-order valence-electron chi connectivity index (χ3n) is 3.63. The van der Waals surface area contributed by atoms with Crippen molar-refractivity contribution in [1.82, 2.24) is 10.1 Å². The summed E-state index contributed by atoms with van der Waals surface area (Å²) >= 11 is 7.31. The molecule has 0 atom stereocenters. The van der Waals surface area contributed by atoms with Gasteiger partial charge in [-0.15, -0.1) is 11.3 Å². The van der Waals surface area contributed by atoms with Crippen LogP contribution < -0.4 is 10.6 Å². The van der Waals surface area contributed by atoms with E-state index in [1.165, 1.54) is 11.3 Å². The molecule has 2 aromatic heterocycles. The zero-order valence-electron chi connectivity index (χ0n) is 13.8. The van der Waals surface area contributed by atoms with Crippen LogP contribution in [0.15, 0.2) is 70.6 Å². The maximum atomic E-state index is 12.3. The molecule has 0 bridgehead atoms. The van der Waals surface area contributed by atoms with E-state index in [-0.39, 0.29) is 11.6 Å². The van der Waals surface area contributed by atoms with Gasteiger partial charge in [-0.3, -0.25) is 4.79 Å². The van der Waals surface area contributed by atoms with E-state index in [2.05, 4.69) is 20.8 Å². The van der Waals surface area contributed by atoms with Crippen molar-refractivity contribution in [3.63, 3.8) is 0 Å². The highest BCUT2D eigenvalue weighted by Crippen LogP contribution is 2.28. The normalized spacial score (nSPS) is 10.6. The maximum absolute atomic E-state index is 12.3. The number of halogens is 1. The molecule has 2 N–H and O–H groups in total. The number of aromatic nitrogens is 2. The van der Waals surface area contributed by atoms with Crippen LogP contribution in [0, 0.1) is 0 Å². The summed E-state index contributed by atoms with van der Waals surface area (Å²) in [4.78, 5) is 16.7. The molecular weight excluding hydrogens is 384 g/mol. The molecule has 0 aliphatic carbocycles. The van der Waals surface area contributed by atoms with Crippen molar-refractivity contribution >= 4 is 45.4 Å². The van der Waals surface area contributed by atoms with E-state index >= 15 is 0 Å². The van der Waals surface area contributed by atoms with E-state index in [1.54, 1.807) is 30.3 Å². The van der Waals surface area contributed by atoms with Gasteiger partial charge in [0.2, 0.25) is 0 Å². The molecule has 4 rings (SSSR count). The van der Waals surface area contributed by atoms with Gasteiger partial charge < -0.3 is 15.2 Å². The predicted octanol–water partition coefficient (Wildman–Crippen LogP) is 5.45. The van der Waals surface area contributed by atoms with Crippen LogP contribution in [0.4, 0.5) is 16.5 Å². The fraction of sp³-hybridized carbons (Fsp3) is 0. The zero-order valence-corrected chi connectivity index (χ0v) is 15.4. The molecule has 0 unspecified atom stereocenters. The van der Waals surface area contributed by atoms with Gasteiger partial charge in [-0.05, 0) is 36.4 Å². The van der Waals surface area contributed by atoms with Crippen LogP contribution in [0.1, 0.15) is 10.5 Å². The van der Waals surface area contributed by atoms with E-state index < -0.39 is 0 Å². The van der Waals surface area contributed by atoms with E-state index in [9.17, 15) is 4.79 Å². The third kappa shape index (κ3) is 4.16. The minimum atomic E-state index is -0.342. The summed E-state index contributed by atoms with van der Waals surface area (Å²) in [5.41, 5.74) is 2.35. The summed E-state index contributed by atoms with van der Waals surface area (Å²) in [6.45, 7) is 0. The SMILES string of the molecule is O=C(Nc1ccccc1)c1cc(-c2csc(Nc3ccc(Cl)cc3)n2)on1. The molecule has 0 saturated carbocycles. The number of nitrogens with zero attached hydrogens (tertiary/aromatic N) is 2. The van der Waals surface area contributed by atoms with Gasteiger partial charge in [0.15, 0.2) is 16.6 Å². The molecule has 0 fully saturated rings. The smallest absolute Gasteiger partial charge is 0.277 e. The number of anilines is 3. The Morgan fingerprint density at radius 2 is 1.81 bits per heavy atom. The number of carbonyl (C=O) groups excluding carboxylic acids is 1. The van der Waals surface area contributed by atoms with Gasteiger partial charge in [-0.25, -0.2) is 4.98 Å². The van der Waals surface area contributed by atoms with Gasteiger partial charge in [0.1, 0.15) is 5.69 Å². The Morgan fingerprint density at radius 3 is 2.59 bits per heavy atom. The Labute approximate surface area is 163 Å². The van der Waals surface area contributed by atoms with Crippen LogP contribution in [0.5, 0.6) is 0 Å². The van der Waals surface area contributed by atoms with E-state index in [4.69, 9.17) is 16.1 Å². The van der Waals surface area contributed by atoms with Crippen molar-refractivity contribution in [3.05, 3.63) is 76.8 Å². The number of thiazole rings is 1. The second kappa shape index (κ2) is 7.61. The fourth-order valence-electron chi connectivity index (χ4n) is 2.32. The molecule has 0 aliphatic rings. The number of rotatable bonds is 5. The van der Waals surface area contributed by atoms with Crippen LogP contribution in [-0.4, -0.2) is 16.0 Å². The Kier molecular flexibility index (Phi) is 4.86. The lowest BCUT2D eigenvalue weighted by Gasteiger charge is -2.01. The second-order valence-corrected chi connectivity index (χ2v) is 6.86. The van der Waals surface area contributed by atoms with Crippen molar-refractivity contribution in [2.45, 2.75) is 0 Å². The minimum absolute atomic E-state index is 0.189. The summed E-state index contributed by atoms with van der Waals surface area (Å²) in [7, 11) is 0. The molecule has 27 heavy (non-hydrogen) atoms. The first kappa shape index (κ1) is 17.3. The summed E-state index contributed by atoms with van der Waals surface area (Å²) in [6.07, 6.45) is 0. The lowest BCUT2D eigenvalue weighted by atomic mass is 10.3. The van der Waals surface area contributed by atoms with Crippen molar-refractivity contribution in [1.29, 1.82) is 0 Å². The lowest BCUT2D eigenvalue weighted by molar-refractivity contribution is 0.101. The van der Waals surface area contributed by atoms with E-state index in [0.717, 1.165) is 5.69 Å². The summed E-state index contributed by atoms with van der Waals surface area (Å²) in [5.74, 6) is 0.0829. The Hall–Kier alpha value is -3.16. The van der Waals surface area contributed by atoms with Gasteiger partial charge in [0.25, 0.3) is 5.91 Å². The number of hydrogen-bond acceptors (Lipinski definition) is 6. The minimum Gasteiger partial charge on any atom is -0.354 e. The maximum Gasteiger partial charge on any atom is 0.277 e. The number of nitrogens with one attached hydrogen (secondary N) is 2. The summed E-state index contributed by atoms with van der Waals surface area (Å²) in [5, 5.41) is 13.0. The quantitative estimate of drug-likeness (QED) is 0.469. The Morgan fingerprint density at radius 1 is 1.04 bits per heavy atom. The molecule has 0 spiro atoms. The van der Waals surface area contributed by atoms with Gasteiger partial charge in [-0.1, -0.05) is 35.0 Å². The molecule has 6 nitrogen and oxygen atoms in total. The van der Waals surface area contributed by atoms with Crippen molar-refractivity contribution in [2.75, 3.05) is 10.6 Å². The van der Waals surface area contributed by atoms with E-state index in [0.29, 0.717) is 27.3 Å². The van der Waals surface area contributed by atoms with Crippen molar-refractivity contribution < 1.29 is 9.32 Å². The number of carbonyl (C=O) groups is 1. The number of benzene rings is 2. The molecule has 0 saturated heterocycles. The number of hydrogen-bond donors (Lipinski definition) is 2. The lowest BCUT2D eigenvalue weighted by Crippen LogP contribution is -2.11. The van der Waals surface area contributed by atoms with Crippen LogP contribution in [0.25, 0.3) is 11.5 Å². The van der Waals surface area contributed by atoms with Crippen molar-refractivity contribution in [3.8, 4) is 11.5 Å². The standard InChI is InChI=1S/C19H13ClN4O2S/c20-12-6-8-14(9-7-12)22-19-23-16(11-27-19)17-10-15(24-26-17)18(25)21-13-4-2-1-3-5-13/h1-11H,(H,21,25)(H,22,23). The summed E-state index contributed by atoms with van der Waals surface area (Å²) < 4.78 is 5.28. The van der Waals surface area contributed by atoms with Gasteiger partial charge >= 0.3 is 0 Å².